The standard InChI is InChI=1S/C78H44N10/c79-44-49-11-7-19-55(35-49)59-24-29-70-65(39-59)66-40-60(56-20-8-12-50(36-56)45-80)25-30-71(66)87(70)74-33-34-83-48-69(74)64-28-23-63(78-85-76(53-15-3-1-4-16-53)84-77(86-78)54-17-5-2-6-18-54)43-75(64)88-72-31-26-61(57-21-9-13-51(37-57)46-81)41-67(72)68-42-62(27-32-73(68)88)58-22-10-14-52(38-58)47-82/h1-43,48H. The zero-order valence-corrected chi connectivity index (χ0v) is 46.9. The zero-order chi connectivity index (χ0) is 59.2. The van der Waals surface area contributed by atoms with Crippen molar-refractivity contribution in [2.24, 2.45) is 0 Å². The van der Waals surface area contributed by atoms with Crippen LogP contribution in [0.25, 0.3) is 145 Å². The van der Waals surface area contributed by atoms with Gasteiger partial charge in [0.15, 0.2) is 17.5 Å². The number of rotatable bonds is 10. The van der Waals surface area contributed by atoms with Crippen molar-refractivity contribution in [3.05, 3.63) is 289 Å². The Kier molecular flexibility index (Phi) is 12.8. The van der Waals surface area contributed by atoms with Gasteiger partial charge in [-0.3, -0.25) is 4.98 Å². The highest BCUT2D eigenvalue weighted by Gasteiger charge is 2.24. The molecular formula is C78H44N10. The molecule has 4 aromatic heterocycles. The molecule has 0 bridgehead atoms. The van der Waals surface area contributed by atoms with Crippen LogP contribution in [0, 0.1) is 45.3 Å². The van der Waals surface area contributed by atoms with Gasteiger partial charge in [0.05, 0.1) is 80.0 Å². The average Bonchev–Trinajstić information content (AvgIpc) is 1.64. The smallest absolute Gasteiger partial charge is 0.164 e. The number of hydrogen-bond donors (Lipinski definition) is 0. The fraction of sp³-hybridized carbons (Fsp3) is 0. The Labute approximate surface area is 505 Å². The molecular weight excluding hydrogens is 1080 g/mol. The summed E-state index contributed by atoms with van der Waals surface area (Å²) in [5.41, 5.74) is 19.4. The van der Waals surface area contributed by atoms with Gasteiger partial charge < -0.3 is 9.13 Å². The molecule has 0 radical (unpaired) electrons. The summed E-state index contributed by atoms with van der Waals surface area (Å²) in [6.45, 7) is 0. The van der Waals surface area contributed by atoms with Crippen molar-refractivity contribution >= 4 is 43.6 Å². The number of hydrogen-bond acceptors (Lipinski definition) is 8. The minimum absolute atomic E-state index is 0.488. The Hall–Kier alpha value is -12.9. The first-order chi connectivity index (χ1) is 43.4. The molecule has 15 rings (SSSR count). The normalized spacial score (nSPS) is 11.1. The second-order valence-corrected chi connectivity index (χ2v) is 21.5. The van der Waals surface area contributed by atoms with Crippen LogP contribution in [0.4, 0.5) is 0 Å². The van der Waals surface area contributed by atoms with Crippen LogP contribution in [-0.2, 0) is 0 Å². The second kappa shape index (κ2) is 21.7. The van der Waals surface area contributed by atoms with Gasteiger partial charge in [0.25, 0.3) is 0 Å². The molecule has 0 spiro atoms. The van der Waals surface area contributed by atoms with E-state index >= 15 is 0 Å². The van der Waals surface area contributed by atoms with Crippen LogP contribution in [0.15, 0.2) is 267 Å². The van der Waals surface area contributed by atoms with Crippen molar-refractivity contribution in [3.63, 3.8) is 0 Å². The van der Waals surface area contributed by atoms with Crippen LogP contribution in [0.3, 0.4) is 0 Å². The molecule has 0 aliphatic carbocycles. The van der Waals surface area contributed by atoms with Crippen LogP contribution in [-0.4, -0.2) is 29.1 Å². The molecule has 4 heterocycles. The van der Waals surface area contributed by atoms with Gasteiger partial charge in [0, 0.05) is 61.8 Å². The monoisotopic (exact) mass is 1120 g/mol. The van der Waals surface area contributed by atoms with Gasteiger partial charge in [-0.05, 0) is 154 Å². The van der Waals surface area contributed by atoms with Crippen LogP contribution >= 0.6 is 0 Å². The van der Waals surface area contributed by atoms with Gasteiger partial charge in [-0.25, -0.2) is 15.0 Å². The van der Waals surface area contributed by atoms with E-state index in [2.05, 4.69) is 130 Å². The lowest BCUT2D eigenvalue weighted by atomic mass is 9.99. The summed E-state index contributed by atoms with van der Waals surface area (Å²) < 4.78 is 4.63. The first kappa shape index (κ1) is 52.0. The Morgan fingerprint density at radius 3 is 0.966 bits per heavy atom. The van der Waals surface area contributed by atoms with Crippen molar-refractivity contribution in [1.29, 1.82) is 21.0 Å². The first-order valence-electron chi connectivity index (χ1n) is 28.6. The minimum Gasteiger partial charge on any atom is -0.309 e. The van der Waals surface area contributed by atoms with Crippen molar-refractivity contribution in [3.8, 4) is 125 Å². The van der Waals surface area contributed by atoms with E-state index in [0.29, 0.717) is 39.7 Å². The van der Waals surface area contributed by atoms with E-state index < -0.39 is 0 Å². The molecule has 0 amide bonds. The largest absolute Gasteiger partial charge is 0.309 e. The van der Waals surface area contributed by atoms with Crippen LogP contribution < -0.4 is 0 Å². The van der Waals surface area contributed by atoms with Gasteiger partial charge in [-0.1, -0.05) is 146 Å². The predicted octanol–water partition coefficient (Wildman–Crippen LogP) is 18.3. The number of aromatic nitrogens is 6. The molecule has 15 aromatic rings. The lowest BCUT2D eigenvalue weighted by molar-refractivity contribution is 1.07. The molecule has 0 saturated heterocycles. The predicted molar refractivity (Wildman–Crippen MR) is 349 cm³/mol. The fourth-order valence-electron chi connectivity index (χ4n) is 12.2. The Balaban J connectivity index is 1.02. The number of pyridine rings is 1. The molecule has 11 aromatic carbocycles. The van der Waals surface area contributed by atoms with E-state index in [1.54, 1.807) is 0 Å². The topological polar surface area (TPSA) is 157 Å². The zero-order valence-electron chi connectivity index (χ0n) is 46.9. The molecule has 0 fully saturated rings. The summed E-state index contributed by atoms with van der Waals surface area (Å²) >= 11 is 0. The average molecular weight is 1120 g/mol. The van der Waals surface area contributed by atoms with Crippen LogP contribution in [0.2, 0.25) is 0 Å². The Morgan fingerprint density at radius 1 is 0.261 bits per heavy atom. The summed E-state index contributed by atoms with van der Waals surface area (Å²) in [7, 11) is 0. The highest BCUT2D eigenvalue weighted by Crippen LogP contribution is 2.45. The van der Waals surface area contributed by atoms with Gasteiger partial charge in [-0.2, -0.15) is 21.0 Å². The Morgan fingerprint density at radius 2 is 0.591 bits per heavy atom. The van der Waals surface area contributed by atoms with Crippen molar-refractivity contribution in [2.75, 3.05) is 0 Å². The molecule has 406 valence electrons. The van der Waals surface area contributed by atoms with Crippen LogP contribution in [0.5, 0.6) is 0 Å². The molecule has 88 heavy (non-hydrogen) atoms. The van der Waals surface area contributed by atoms with Gasteiger partial charge in [0.1, 0.15) is 0 Å². The number of fused-ring (bicyclic) bond motifs is 6. The molecule has 0 atom stereocenters. The second-order valence-electron chi connectivity index (χ2n) is 21.5. The first-order valence-corrected chi connectivity index (χ1v) is 28.6. The third-order valence-electron chi connectivity index (χ3n) is 16.4. The molecule has 10 nitrogen and oxygen atoms in total. The lowest BCUT2D eigenvalue weighted by Gasteiger charge is -2.19. The van der Waals surface area contributed by atoms with Gasteiger partial charge in [0.2, 0.25) is 0 Å². The molecule has 0 N–H and O–H groups in total. The maximum absolute atomic E-state index is 10.0. The fourth-order valence-corrected chi connectivity index (χ4v) is 12.2. The number of benzene rings is 11. The van der Waals surface area contributed by atoms with Crippen molar-refractivity contribution in [1.82, 2.24) is 29.1 Å². The molecule has 0 saturated carbocycles. The van der Waals surface area contributed by atoms with E-state index in [1.807, 2.05) is 170 Å². The van der Waals surface area contributed by atoms with Crippen molar-refractivity contribution < 1.29 is 0 Å². The molecule has 0 unspecified atom stereocenters. The van der Waals surface area contributed by atoms with E-state index in [4.69, 9.17) is 19.9 Å². The molecule has 10 heteroatoms. The van der Waals surface area contributed by atoms with E-state index in [9.17, 15) is 21.0 Å². The highest BCUT2D eigenvalue weighted by atomic mass is 15.0. The van der Waals surface area contributed by atoms with Gasteiger partial charge >= 0.3 is 0 Å². The highest BCUT2D eigenvalue weighted by molar-refractivity contribution is 6.14. The number of nitriles is 4. The third kappa shape index (κ3) is 9.22. The maximum atomic E-state index is 10.0. The maximum Gasteiger partial charge on any atom is 0.164 e. The molecule has 0 aliphatic rings. The van der Waals surface area contributed by atoms with Gasteiger partial charge in [-0.15, -0.1) is 0 Å². The summed E-state index contributed by atoms with van der Waals surface area (Å²) in [6.07, 6.45) is 3.77. The van der Waals surface area contributed by atoms with Crippen LogP contribution in [0.1, 0.15) is 22.3 Å². The lowest BCUT2D eigenvalue weighted by Crippen LogP contribution is -2.04. The summed E-state index contributed by atoms with van der Waals surface area (Å²) in [5, 5.41) is 43.9. The minimum atomic E-state index is 0.488. The SMILES string of the molecule is N#Cc1cccc(-c2ccc3c(c2)c2cc(-c4cccc(C#N)c4)ccc2n3-c2ccncc2-c2ccc(-c3nc(-c4ccccc4)nc(-c4ccccc4)n3)cc2-n2c3ccc(-c4cccc(C#N)c4)cc3c3cc(-c4cccc(C#N)c4)ccc32)c1. The van der Waals surface area contributed by atoms with E-state index in [0.717, 1.165) is 127 Å². The summed E-state index contributed by atoms with van der Waals surface area (Å²) in [4.78, 5) is 20.5. The van der Waals surface area contributed by atoms with E-state index in [1.165, 1.54) is 0 Å². The summed E-state index contributed by atoms with van der Waals surface area (Å²) in [6, 6.07) is 94.3. The summed E-state index contributed by atoms with van der Waals surface area (Å²) in [5.74, 6) is 1.56. The Bertz CT molecular complexity index is 5230. The third-order valence-corrected chi connectivity index (χ3v) is 16.4. The number of nitrogens with zero attached hydrogens (tertiary/aromatic N) is 10. The quantitative estimate of drug-likeness (QED) is 0.131. The van der Waals surface area contributed by atoms with Crippen molar-refractivity contribution in [2.45, 2.75) is 0 Å². The van der Waals surface area contributed by atoms with E-state index in [-0.39, 0.29) is 0 Å². The molecule has 0 aliphatic heterocycles.